The quantitative estimate of drug-likeness (QED) is 0.208. The Bertz CT molecular complexity index is 764. The molecule has 3 rings (SSSR count). The monoisotopic (exact) mass is 532 g/mol. The Hall–Kier alpha value is -0.660. The molecule has 22 heavy (non-hydrogen) atoms. The standard InChI is InChI=1S/C13H10I2O7/c1-13(15,3-14)12(18)22-9-6-4(10(16)19-2)5-7(20-6)8(9)21-11(5)17/h10,16H,3H2,1-2H3. The van der Waals surface area contributed by atoms with Crippen LogP contribution in [0.25, 0.3) is 11.2 Å². The molecule has 2 aromatic heterocycles. The van der Waals surface area contributed by atoms with Crippen molar-refractivity contribution in [3.8, 4) is 11.5 Å². The molecule has 1 aliphatic rings. The minimum Gasteiger partial charge on any atom is -0.448 e. The number of furan rings is 2. The van der Waals surface area contributed by atoms with Crippen LogP contribution in [0.4, 0.5) is 0 Å². The molecular formula is C13H10I2O7. The molecule has 1 aliphatic heterocycles. The molecule has 0 fully saturated rings. The molecule has 7 nitrogen and oxygen atoms in total. The molecule has 0 saturated carbocycles. The first-order valence-corrected chi connectivity index (χ1v) is 8.74. The Morgan fingerprint density at radius 1 is 1.45 bits per heavy atom. The van der Waals surface area contributed by atoms with Crippen molar-refractivity contribution in [2.24, 2.45) is 0 Å². The summed E-state index contributed by atoms with van der Waals surface area (Å²) in [6, 6.07) is 0. The van der Waals surface area contributed by atoms with Gasteiger partial charge in [-0.3, -0.25) is 4.79 Å². The zero-order chi connectivity index (χ0) is 16.2. The average molecular weight is 532 g/mol. The van der Waals surface area contributed by atoms with Crippen LogP contribution in [0.3, 0.4) is 0 Å². The Morgan fingerprint density at radius 2 is 2.14 bits per heavy atom. The number of aliphatic hydroxyl groups is 1. The SMILES string of the molecule is COC(O)c1c2c3oc1c(OC(=O)C(C)(I)CI)c3OC2=O. The van der Waals surface area contributed by atoms with Gasteiger partial charge in [0.05, 0.1) is 5.56 Å². The predicted octanol–water partition coefficient (Wildman–Crippen LogP) is 2.57. The number of halogens is 2. The number of carbonyl (C=O) groups excluding carboxylic acids is 2. The van der Waals surface area contributed by atoms with Gasteiger partial charge in [0.2, 0.25) is 11.5 Å². The number of aliphatic hydroxyl groups excluding tert-OH is 1. The van der Waals surface area contributed by atoms with Gasteiger partial charge in [-0.05, 0) is 6.92 Å². The molecule has 0 saturated heterocycles. The zero-order valence-electron chi connectivity index (χ0n) is 11.4. The Labute approximate surface area is 151 Å². The van der Waals surface area contributed by atoms with Crippen LogP contribution in [-0.4, -0.2) is 32.0 Å². The van der Waals surface area contributed by atoms with Crippen molar-refractivity contribution in [3.05, 3.63) is 11.1 Å². The summed E-state index contributed by atoms with van der Waals surface area (Å²) >= 11 is 4.07. The average Bonchev–Trinajstić information content (AvgIpc) is 3.09. The highest BCUT2D eigenvalue weighted by Gasteiger charge is 2.44. The number of carbonyl (C=O) groups is 2. The second kappa shape index (κ2) is 5.46. The Balaban J connectivity index is 2.07. The van der Waals surface area contributed by atoms with Gasteiger partial charge in [0.15, 0.2) is 17.5 Å². The van der Waals surface area contributed by atoms with Crippen LogP contribution >= 0.6 is 45.2 Å². The van der Waals surface area contributed by atoms with E-state index in [1.54, 1.807) is 6.92 Å². The van der Waals surface area contributed by atoms with E-state index in [2.05, 4.69) is 22.6 Å². The van der Waals surface area contributed by atoms with Crippen molar-refractivity contribution in [1.29, 1.82) is 0 Å². The maximum Gasteiger partial charge on any atom is 0.348 e. The topological polar surface area (TPSA) is 95.2 Å². The van der Waals surface area contributed by atoms with E-state index < -0.39 is 21.7 Å². The van der Waals surface area contributed by atoms with Gasteiger partial charge >= 0.3 is 11.9 Å². The molecule has 0 spiro atoms. The fourth-order valence-corrected chi connectivity index (χ4v) is 2.54. The van der Waals surface area contributed by atoms with E-state index in [-0.39, 0.29) is 33.8 Å². The molecule has 0 aromatic carbocycles. The van der Waals surface area contributed by atoms with E-state index in [0.717, 1.165) is 0 Å². The molecule has 1 N–H and O–H groups in total. The summed E-state index contributed by atoms with van der Waals surface area (Å²) in [6.07, 6.45) is -1.38. The lowest BCUT2D eigenvalue weighted by Crippen LogP contribution is -2.34. The maximum absolute atomic E-state index is 12.2. The fourth-order valence-electron chi connectivity index (χ4n) is 2.12. The van der Waals surface area contributed by atoms with Crippen molar-refractivity contribution in [1.82, 2.24) is 0 Å². The van der Waals surface area contributed by atoms with Crippen LogP contribution in [0, 0.1) is 0 Å². The number of methoxy groups -OCH3 is 1. The van der Waals surface area contributed by atoms with Gasteiger partial charge < -0.3 is 23.7 Å². The molecule has 3 heterocycles. The summed E-state index contributed by atoms with van der Waals surface area (Å²) < 4.78 is 20.5. The molecule has 2 aromatic rings. The normalized spacial score (nSPS) is 17.6. The summed E-state index contributed by atoms with van der Waals surface area (Å²) in [5.74, 6) is -1.07. The Morgan fingerprint density at radius 3 is 2.73 bits per heavy atom. The second-order valence-corrected chi connectivity index (χ2v) is 8.05. The van der Waals surface area contributed by atoms with Crippen molar-refractivity contribution in [2.45, 2.75) is 16.6 Å². The van der Waals surface area contributed by atoms with Crippen molar-refractivity contribution in [3.63, 3.8) is 0 Å². The van der Waals surface area contributed by atoms with E-state index in [9.17, 15) is 14.7 Å². The third-order valence-electron chi connectivity index (χ3n) is 3.30. The molecule has 0 aliphatic carbocycles. The number of esters is 2. The van der Waals surface area contributed by atoms with Gasteiger partial charge in [0.1, 0.15) is 8.99 Å². The molecule has 9 heteroatoms. The van der Waals surface area contributed by atoms with Crippen LogP contribution in [0.1, 0.15) is 29.1 Å². The summed E-state index contributed by atoms with van der Waals surface area (Å²) in [4.78, 5) is 24.1. The largest absolute Gasteiger partial charge is 0.448 e. The molecule has 2 atom stereocenters. The summed E-state index contributed by atoms with van der Waals surface area (Å²) in [7, 11) is 1.28. The van der Waals surface area contributed by atoms with Gasteiger partial charge in [-0.1, -0.05) is 45.2 Å². The van der Waals surface area contributed by atoms with E-state index in [1.807, 2.05) is 22.6 Å². The number of hydrogen-bond acceptors (Lipinski definition) is 7. The van der Waals surface area contributed by atoms with Gasteiger partial charge in [0, 0.05) is 11.5 Å². The van der Waals surface area contributed by atoms with E-state index in [1.165, 1.54) is 7.11 Å². The molecule has 0 radical (unpaired) electrons. The third kappa shape index (κ3) is 2.20. The van der Waals surface area contributed by atoms with Gasteiger partial charge in [-0.2, -0.15) is 0 Å². The second-order valence-electron chi connectivity index (χ2n) is 4.91. The van der Waals surface area contributed by atoms with Crippen LogP contribution in [0.15, 0.2) is 4.42 Å². The highest BCUT2D eigenvalue weighted by molar-refractivity contribution is 14.1. The van der Waals surface area contributed by atoms with Gasteiger partial charge in [0.25, 0.3) is 0 Å². The van der Waals surface area contributed by atoms with E-state index in [0.29, 0.717) is 4.43 Å². The number of fused-ring (bicyclic) bond motifs is 1. The van der Waals surface area contributed by atoms with Crippen LogP contribution < -0.4 is 9.47 Å². The lowest BCUT2D eigenvalue weighted by Gasteiger charge is -2.17. The lowest BCUT2D eigenvalue weighted by atomic mass is 10.1. The maximum atomic E-state index is 12.2. The lowest BCUT2D eigenvalue weighted by molar-refractivity contribution is -0.135. The minimum absolute atomic E-state index is 0.00782. The smallest absolute Gasteiger partial charge is 0.348 e. The van der Waals surface area contributed by atoms with Crippen LogP contribution in [-0.2, 0) is 9.53 Å². The third-order valence-corrected chi connectivity index (χ3v) is 7.11. The molecular weight excluding hydrogens is 522 g/mol. The summed E-state index contributed by atoms with van der Waals surface area (Å²) in [6.45, 7) is 1.73. The number of hydrogen-bond donors (Lipinski definition) is 1. The van der Waals surface area contributed by atoms with Crippen LogP contribution in [0.5, 0.6) is 11.5 Å². The number of alkyl halides is 2. The highest BCUT2D eigenvalue weighted by Crippen LogP contribution is 2.53. The van der Waals surface area contributed by atoms with Gasteiger partial charge in [-0.15, -0.1) is 0 Å². The fraction of sp³-hybridized carbons (Fsp3) is 0.385. The minimum atomic E-state index is -1.38. The summed E-state index contributed by atoms with van der Waals surface area (Å²) in [5.41, 5.74) is 0.495. The predicted molar refractivity (Wildman–Crippen MR) is 91.3 cm³/mol. The first kappa shape index (κ1) is 16.2. The van der Waals surface area contributed by atoms with E-state index in [4.69, 9.17) is 18.6 Å². The number of ether oxygens (including phenoxy) is 3. The Kier molecular flexibility index (Phi) is 4.02. The molecule has 2 bridgehead atoms. The molecule has 2 unspecified atom stereocenters. The first-order chi connectivity index (χ1) is 10.3. The highest BCUT2D eigenvalue weighted by atomic mass is 127. The van der Waals surface area contributed by atoms with Crippen LogP contribution in [0.2, 0.25) is 0 Å². The number of benzene rings is 1. The van der Waals surface area contributed by atoms with Crippen molar-refractivity contribution >= 4 is 68.3 Å². The molecule has 0 amide bonds. The number of rotatable bonds is 5. The zero-order valence-corrected chi connectivity index (χ0v) is 15.8. The van der Waals surface area contributed by atoms with Crippen molar-refractivity contribution in [2.75, 3.05) is 11.5 Å². The van der Waals surface area contributed by atoms with E-state index >= 15 is 0 Å². The summed E-state index contributed by atoms with van der Waals surface area (Å²) in [5, 5.41) is 9.91. The first-order valence-electron chi connectivity index (χ1n) is 6.13. The molecule has 118 valence electrons. The van der Waals surface area contributed by atoms with Gasteiger partial charge in [-0.25, -0.2) is 4.79 Å². The van der Waals surface area contributed by atoms with Crippen molar-refractivity contribution < 1.29 is 33.3 Å².